The number of aromatic nitrogens is 1. The molecule has 0 fully saturated rings. The van der Waals surface area contributed by atoms with Gasteiger partial charge in [0.15, 0.2) is 0 Å². The van der Waals surface area contributed by atoms with Gasteiger partial charge < -0.3 is 10.0 Å². The fraction of sp³-hybridized carbons (Fsp3) is 0.143. The smallest absolute Gasteiger partial charge is 0.392 e. The van der Waals surface area contributed by atoms with Crippen LogP contribution in [-0.2, 0) is 17.6 Å². The molecule has 4 nitrogen and oxygen atoms in total. The molecule has 0 unspecified atom stereocenters. The standard InChI is InChI=1S/C21H15F3N2O2/c22-21(23,24)17-4-1-14(2-5-17)16-8-20(28)26(11-16)18-6-3-15-7-13(12-27)10-25-19(15)9-18/h1-10,27H,11-12H2. The van der Waals surface area contributed by atoms with E-state index in [9.17, 15) is 23.1 Å². The van der Waals surface area contributed by atoms with E-state index in [-0.39, 0.29) is 19.1 Å². The predicted molar refractivity (Wildman–Crippen MR) is 99.4 cm³/mol. The van der Waals surface area contributed by atoms with E-state index in [1.165, 1.54) is 18.2 Å². The predicted octanol–water partition coefficient (Wildman–Crippen LogP) is 4.18. The number of rotatable bonds is 3. The number of halogens is 3. The molecule has 0 saturated carbocycles. The van der Waals surface area contributed by atoms with Crippen molar-refractivity contribution in [1.29, 1.82) is 0 Å². The highest BCUT2D eigenvalue weighted by Crippen LogP contribution is 2.32. The molecule has 4 rings (SSSR count). The van der Waals surface area contributed by atoms with E-state index >= 15 is 0 Å². The van der Waals surface area contributed by atoms with Gasteiger partial charge in [-0.2, -0.15) is 13.2 Å². The molecule has 1 aliphatic rings. The van der Waals surface area contributed by atoms with E-state index in [2.05, 4.69) is 4.98 Å². The van der Waals surface area contributed by atoms with Gasteiger partial charge in [0.05, 0.1) is 24.2 Å². The Morgan fingerprint density at radius 1 is 1.07 bits per heavy atom. The number of fused-ring (bicyclic) bond motifs is 1. The number of pyridine rings is 1. The summed E-state index contributed by atoms with van der Waals surface area (Å²) in [6, 6.07) is 12.0. The zero-order chi connectivity index (χ0) is 19.9. The van der Waals surface area contributed by atoms with Gasteiger partial charge in [-0.3, -0.25) is 9.78 Å². The maximum Gasteiger partial charge on any atom is 0.416 e. The number of benzene rings is 2. The van der Waals surface area contributed by atoms with Crippen molar-refractivity contribution in [2.75, 3.05) is 11.4 Å². The van der Waals surface area contributed by atoms with Crippen LogP contribution in [0.4, 0.5) is 18.9 Å². The molecule has 2 heterocycles. The van der Waals surface area contributed by atoms with Crippen molar-refractivity contribution >= 4 is 28.1 Å². The number of carbonyl (C=O) groups is 1. The highest BCUT2D eigenvalue weighted by atomic mass is 19.4. The van der Waals surface area contributed by atoms with Crippen molar-refractivity contribution in [1.82, 2.24) is 4.98 Å². The summed E-state index contributed by atoms with van der Waals surface area (Å²) in [5.74, 6) is -0.235. The number of amides is 1. The van der Waals surface area contributed by atoms with Gasteiger partial charge in [-0.15, -0.1) is 0 Å². The van der Waals surface area contributed by atoms with Crippen molar-refractivity contribution in [2.45, 2.75) is 12.8 Å². The van der Waals surface area contributed by atoms with E-state index in [0.29, 0.717) is 27.9 Å². The molecule has 0 aliphatic carbocycles. The SMILES string of the molecule is O=C1C=C(c2ccc(C(F)(F)F)cc2)CN1c1ccc2cc(CO)cnc2c1. The molecular formula is C21H15F3N2O2. The summed E-state index contributed by atoms with van der Waals surface area (Å²) in [6.07, 6.45) is -1.38. The van der Waals surface area contributed by atoms with Gasteiger partial charge in [-0.05, 0) is 47.0 Å². The Kier molecular flexibility index (Phi) is 4.39. The van der Waals surface area contributed by atoms with Crippen LogP contribution >= 0.6 is 0 Å². The van der Waals surface area contributed by atoms with Crippen LogP contribution in [0.2, 0.25) is 0 Å². The van der Waals surface area contributed by atoms with E-state index in [1.807, 2.05) is 12.1 Å². The number of aliphatic hydroxyl groups excluding tert-OH is 1. The van der Waals surface area contributed by atoms with Gasteiger partial charge in [0.1, 0.15) is 0 Å². The first kappa shape index (κ1) is 18.2. The summed E-state index contributed by atoms with van der Waals surface area (Å²) in [4.78, 5) is 18.3. The third kappa shape index (κ3) is 3.36. The summed E-state index contributed by atoms with van der Waals surface area (Å²) in [7, 11) is 0. The topological polar surface area (TPSA) is 53.4 Å². The number of alkyl halides is 3. The minimum Gasteiger partial charge on any atom is -0.392 e. The van der Waals surface area contributed by atoms with Crippen LogP contribution < -0.4 is 4.90 Å². The van der Waals surface area contributed by atoms with Crippen LogP contribution in [0.3, 0.4) is 0 Å². The molecule has 1 aromatic heterocycles. The molecular weight excluding hydrogens is 369 g/mol. The lowest BCUT2D eigenvalue weighted by molar-refractivity contribution is -0.137. The molecule has 1 amide bonds. The Balaban J connectivity index is 1.58. The number of aliphatic hydroxyl groups is 1. The molecule has 0 bridgehead atoms. The quantitative estimate of drug-likeness (QED) is 0.737. The molecule has 1 aliphatic heterocycles. The largest absolute Gasteiger partial charge is 0.416 e. The molecule has 28 heavy (non-hydrogen) atoms. The Morgan fingerprint density at radius 3 is 2.50 bits per heavy atom. The minimum atomic E-state index is -4.39. The van der Waals surface area contributed by atoms with Gasteiger partial charge in [0, 0.05) is 23.3 Å². The fourth-order valence-corrected chi connectivity index (χ4v) is 3.20. The first-order valence-electron chi connectivity index (χ1n) is 8.54. The zero-order valence-corrected chi connectivity index (χ0v) is 14.6. The summed E-state index contributed by atoms with van der Waals surface area (Å²) < 4.78 is 38.2. The maximum atomic E-state index is 12.7. The normalized spacial score (nSPS) is 14.6. The van der Waals surface area contributed by atoms with E-state index in [1.54, 1.807) is 23.2 Å². The lowest BCUT2D eigenvalue weighted by Crippen LogP contribution is -2.25. The number of anilines is 1. The summed E-state index contributed by atoms with van der Waals surface area (Å²) in [6.45, 7) is 0.167. The summed E-state index contributed by atoms with van der Waals surface area (Å²) >= 11 is 0. The van der Waals surface area contributed by atoms with Crippen LogP contribution in [0, 0.1) is 0 Å². The first-order valence-corrected chi connectivity index (χ1v) is 8.54. The van der Waals surface area contributed by atoms with Crippen molar-refractivity contribution < 1.29 is 23.1 Å². The molecule has 0 saturated heterocycles. The lowest BCUT2D eigenvalue weighted by Gasteiger charge is -2.17. The highest BCUT2D eigenvalue weighted by Gasteiger charge is 2.30. The van der Waals surface area contributed by atoms with E-state index in [4.69, 9.17) is 0 Å². The average Bonchev–Trinajstić information content (AvgIpc) is 3.08. The van der Waals surface area contributed by atoms with Crippen LogP contribution in [0.5, 0.6) is 0 Å². The third-order valence-electron chi connectivity index (χ3n) is 4.69. The number of hydrogen-bond acceptors (Lipinski definition) is 3. The van der Waals surface area contributed by atoms with Gasteiger partial charge >= 0.3 is 6.18 Å². The molecule has 2 aromatic carbocycles. The van der Waals surface area contributed by atoms with Gasteiger partial charge in [0.2, 0.25) is 0 Å². The Labute approximate surface area is 158 Å². The van der Waals surface area contributed by atoms with Crippen LogP contribution in [0.25, 0.3) is 16.5 Å². The van der Waals surface area contributed by atoms with Crippen LogP contribution in [-0.4, -0.2) is 22.5 Å². The molecule has 142 valence electrons. The van der Waals surface area contributed by atoms with Crippen molar-refractivity contribution in [2.24, 2.45) is 0 Å². The number of nitrogens with zero attached hydrogens (tertiary/aromatic N) is 2. The summed E-state index contributed by atoms with van der Waals surface area (Å²) in [5.41, 5.74) is 2.55. The lowest BCUT2D eigenvalue weighted by atomic mass is 10.0. The summed E-state index contributed by atoms with van der Waals surface area (Å²) in [5, 5.41) is 10.0. The monoisotopic (exact) mass is 384 g/mol. The molecule has 0 atom stereocenters. The zero-order valence-electron chi connectivity index (χ0n) is 14.6. The van der Waals surface area contributed by atoms with Gasteiger partial charge in [-0.25, -0.2) is 0 Å². The maximum absolute atomic E-state index is 12.7. The molecule has 1 N–H and O–H groups in total. The average molecular weight is 384 g/mol. The second-order valence-corrected chi connectivity index (χ2v) is 6.55. The van der Waals surface area contributed by atoms with Crippen molar-refractivity contribution in [3.63, 3.8) is 0 Å². The second kappa shape index (κ2) is 6.76. The van der Waals surface area contributed by atoms with Crippen molar-refractivity contribution in [3.8, 4) is 0 Å². The van der Waals surface area contributed by atoms with Gasteiger partial charge in [0.25, 0.3) is 5.91 Å². The molecule has 0 radical (unpaired) electrons. The van der Waals surface area contributed by atoms with Crippen LogP contribution in [0.15, 0.2) is 60.8 Å². The Morgan fingerprint density at radius 2 is 1.82 bits per heavy atom. The van der Waals surface area contributed by atoms with Crippen molar-refractivity contribution in [3.05, 3.63) is 77.5 Å². The Bertz CT molecular complexity index is 1090. The Hall–Kier alpha value is -3.19. The number of carbonyl (C=O) groups excluding carboxylic acids is 1. The van der Waals surface area contributed by atoms with E-state index in [0.717, 1.165) is 17.5 Å². The van der Waals surface area contributed by atoms with Gasteiger partial charge in [-0.1, -0.05) is 18.2 Å². The first-order chi connectivity index (χ1) is 13.3. The molecule has 3 aromatic rings. The minimum absolute atomic E-state index is 0.101. The molecule has 7 heteroatoms. The van der Waals surface area contributed by atoms with E-state index < -0.39 is 11.7 Å². The fourth-order valence-electron chi connectivity index (χ4n) is 3.20. The second-order valence-electron chi connectivity index (χ2n) is 6.55. The molecule has 0 spiro atoms. The third-order valence-corrected chi connectivity index (χ3v) is 4.69. The van der Waals surface area contributed by atoms with Crippen LogP contribution in [0.1, 0.15) is 16.7 Å². The number of hydrogen-bond donors (Lipinski definition) is 1. The highest BCUT2D eigenvalue weighted by molar-refractivity contribution is 6.12.